The zero-order valence-electron chi connectivity index (χ0n) is 16.4. The van der Waals surface area contributed by atoms with Gasteiger partial charge in [0.2, 0.25) is 0 Å². The van der Waals surface area contributed by atoms with Crippen molar-refractivity contribution in [3.8, 4) is 0 Å². The molecule has 0 radical (unpaired) electrons. The van der Waals surface area contributed by atoms with Gasteiger partial charge in [0.1, 0.15) is 0 Å². The highest BCUT2D eigenvalue weighted by Crippen LogP contribution is 2.27. The molecular formula is C24H22BrN3O2. The Kier molecular flexibility index (Phi) is 6.14. The summed E-state index contributed by atoms with van der Waals surface area (Å²) in [5.74, 6) is -0.0834. The van der Waals surface area contributed by atoms with E-state index in [9.17, 15) is 9.59 Å². The molecule has 1 aliphatic heterocycles. The normalized spacial score (nSPS) is 13.8. The molecule has 152 valence electrons. The maximum Gasteiger partial charge on any atom is 0.255 e. The summed E-state index contributed by atoms with van der Waals surface area (Å²) >= 11 is 3.39. The van der Waals surface area contributed by atoms with E-state index in [1.807, 2.05) is 71.6 Å². The average molecular weight is 464 g/mol. The van der Waals surface area contributed by atoms with Gasteiger partial charge in [0.15, 0.2) is 0 Å². The molecule has 0 aliphatic carbocycles. The van der Waals surface area contributed by atoms with Crippen molar-refractivity contribution in [1.29, 1.82) is 0 Å². The van der Waals surface area contributed by atoms with Gasteiger partial charge >= 0.3 is 0 Å². The number of nitrogens with one attached hydrogen (secondary N) is 1. The van der Waals surface area contributed by atoms with Crippen LogP contribution < -0.4 is 10.2 Å². The van der Waals surface area contributed by atoms with Crippen molar-refractivity contribution in [3.63, 3.8) is 0 Å². The smallest absolute Gasteiger partial charge is 0.255 e. The van der Waals surface area contributed by atoms with Crippen LogP contribution in [0.4, 0.5) is 11.4 Å². The van der Waals surface area contributed by atoms with Crippen molar-refractivity contribution < 1.29 is 9.59 Å². The van der Waals surface area contributed by atoms with Gasteiger partial charge in [-0.05, 0) is 48.5 Å². The minimum absolute atomic E-state index is 0.0621. The topological polar surface area (TPSA) is 52.7 Å². The molecule has 30 heavy (non-hydrogen) atoms. The molecule has 1 fully saturated rings. The highest BCUT2D eigenvalue weighted by Gasteiger charge is 2.23. The van der Waals surface area contributed by atoms with Gasteiger partial charge in [0.25, 0.3) is 11.8 Å². The second-order valence-electron chi connectivity index (χ2n) is 7.12. The molecule has 3 aromatic rings. The van der Waals surface area contributed by atoms with Crippen LogP contribution in [0.1, 0.15) is 20.7 Å². The van der Waals surface area contributed by atoms with Crippen LogP contribution in [0.2, 0.25) is 0 Å². The van der Waals surface area contributed by atoms with Crippen LogP contribution in [0.15, 0.2) is 83.3 Å². The second kappa shape index (κ2) is 9.13. The van der Waals surface area contributed by atoms with Crippen molar-refractivity contribution in [2.24, 2.45) is 0 Å². The molecule has 6 heteroatoms. The van der Waals surface area contributed by atoms with E-state index in [1.165, 1.54) is 0 Å². The summed E-state index contributed by atoms with van der Waals surface area (Å²) in [4.78, 5) is 29.4. The van der Waals surface area contributed by atoms with E-state index in [0.29, 0.717) is 37.3 Å². The number of para-hydroxylation sites is 2. The van der Waals surface area contributed by atoms with Gasteiger partial charge in [-0.25, -0.2) is 0 Å². The molecule has 0 spiro atoms. The van der Waals surface area contributed by atoms with Gasteiger partial charge in [0.05, 0.1) is 11.4 Å². The zero-order valence-corrected chi connectivity index (χ0v) is 18.0. The van der Waals surface area contributed by atoms with Crippen molar-refractivity contribution in [2.75, 3.05) is 36.4 Å². The van der Waals surface area contributed by atoms with Gasteiger partial charge in [-0.15, -0.1) is 0 Å². The molecule has 0 bridgehead atoms. The molecule has 1 heterocycles. The fourth-order valence-electron chi connectivity index (χ4n) is 3.56. The predicted octanol–water partition coefficient (Wildman–Crippen LogP) is 4.66. The van der Waals surface area contributed by atoms with Crippen LogP contribution in [0.5, 0.6) is 0 Å². The third kappa shape index (κ3) is 4.54. The molecule has 1 aliphatic rings. The van der Waals surface area contributed by atoms with E-state index in [4.69, 9.17) is 0 Å². The Morgan fingerprint density at radius 2 is 1.37 bits per heavy atom. The van der Waals surface area contributed by atoms with E-state index in [2.05, 4.69) is 26.1 Å². The zero-order chi connectivity index (χ0) is 20.9. The summed E-state index contributed by atoms with van der Waals surface area (Å²) in [5.41, 5.74) is 3.06. The number of carbonyl (C=O) groups excluding carboxylic acids is 2. The van der Waals surface area contributed by atoms with Crippen molar-refractivity contribution in [1.82, 2.24) is 4.90 Å². The molecule has 0 saturated carbocycles. The van der Waals surface area contributed by atoms with Crippen molar-refractivity contribution in [2.45, 2.75) is 0 Å². The first-order valence-electron chi connectivity index (χ1n) is 9.87. The molecule has 0 aromatic heterocycles. The lowest BCUT2D eigenvalue weighted by molar-refractivity contribution is 0.0746. The highest BCUT2D eigenvalue weighted by molar-refractivity contribution is 9.10. The molecule has 2 amide bonds. The SMILES string of the molecule is O=C(Nc1ccccc1N1CCN(C(=O)c2ccccc2)CC1)c1ccc(Br)cc1. The number of hydrogen-bond acceptors (Lipinski definition) is 3. The first-order valence-corrected chi connectivity index (χ1v) is 10.7. The Morgan fingerprint density at radius 3 is 2.07 bits per heavy atom. The maximum atomic E-state index is 12.7. The van der Waals surface area contributed by atoms with E-state index < -0.39 is 0 Å². The Labute approximate surface area is 184 Å². The molecule has 1 saturated heterocycles. The molecule has 1 N–H and O–H groups in total. The van der Waals surface area contributed by atoms with E-state index in [0.717, 1.165) is 15.8 Å². The summed E-state index contributed by atoms with van der Waals surface area (Å²) in [6.45, 7) is 2.71. The third-order valence-electron chi connectivity index (χ3n) is 5.19. The van der Waals surface area contributed by atoms with Gasteiger partial charge in [-0.3, -0.25) is 9.59 Å². The average Bonchev–Trinajstić information content (AvgIpc) is 2.80. The number of piperazine rings is 1. The summed E-state index contributed by atoms with van der Waals surface area (Å²) in [7, 11) is 0. The summed E-state index contributed by atoms with van der Waals surface area (Å²) < 4.78 is 0.933. The van der Waals surface area contributed by atoms with Gasteiger partial charge < -0.3 is 15.1 Å². The summed E-state index contributed by atoms with van der Waals surface area (Å²) in [6.07, 6.45) is 0. The quantitative estimate of drug-likeness (QED) is 0.611. The Bertz CT molecular complexity index is 1030. The third-order valence-corrected chi connectivity index (χ3v) is 5.72. The molecule has 4 rings (SSSR count). The number of carbonyl (C=O) groups is 2. The first kappa shape index (κ1) is 20.2. The number of nitrogens with zero attached hydrogens (tertiary/aromatic N) is 2. The largest absolute Gasteiger partial charge is 0.366 e. The fourth-order valence-corrected chi connectivity index (χ4v) is 3.83. The number of anilines is 2. The van der Waals surface area contributed by atoms with Crippen LogP contribution in [-0.4, -0.2) is 42.9 Å². The molecule has 0 unspecified atom stereocenters. The highest BCUT2D eigenvalue weighted by atomic mass is 79.9. The van der Waals surface area contributed by atoms with Crippen LogP contribution in [0.3, 0.4) is 0 Å². The summed E-state index contributed by atoms with van der Waals surface area (Å²) in [6, 6.07) is 24.4. The van der Waals surface area contributed by atoms with E-state index in [1.54, 1.807) is 12.1 Å². The predicted molar refractivity (Wildman–Crippen MR) is 123 cm³/mol. The van der Waals surface area contributed by atoms with Crippen LogP contribution in [0.25, 0.3) is 0 Å². The van der Waals surface area contributed by atoms with Crippen LogP contribution in [-0.2, 0) is 0 Å². The van der Waals surface area contributed by atoms with Gasteiger partial charge in [0, 0.05) is 41.8 Å². The lowest BCUT2D eigenvalue weighted by Crippen LogP contribution is -2.49. The molecule has 5 nitrogen and oxygen atoms in total. The molecule has 3 aromatic carbocycles. The number of hydrogen-bond donors (Lipinski definition) is 1. The minimum Gasteiger partial charge on any atom is -0.366 e. The van der Waals surface area contributed by atoms with E-state index in [-0.39, 0.29) is 11.8 Å². The Morgan fingerprint density at radius 1 is 0.733 bits per heavy atom. The number of rotatable bonds is 4. The minimum atomic E-state index is -0.146. The van der Waals surface area contributed by atoms with Crippen LogP contribution >= 0.6 is 15.9 Å². The standard InChI is InChI=1S/C24H22BrN3O2/c25-20-12-10-18(11-13-20)23(29)26-21-8-4-5-9-22(21)27-14-16-28(17-15-27)24(30)19-6-2-1-3-7-19/h1-13H,14-17H2,(H,26,29). The Hall–Kier alpha value is -3.12. The van der Waals surface area contributed by atoms with Gasteiger partial charge in [-0.2, -0.15) is 0 Å². The number of halogens is 1. The second-order valence-corrected chi connectivity index (χ2v) is 8.04. The fraction of sp³-hybridized carbons (Fsp3) is 0.167. The van der Waals surface area contributed by atoms with Crippen LogP contribution in [0, 0.1) is 0 Å². The molecule has 0 atom stereocenters. The lowest BCUT2D eigenvalue weighted by atomic mass is 10.1. The van der Waals surface area contributed by atoms with E-state index >= 15 is 0 Å². The summed E-state index contributed by atoms with van der Waals surface area (Å²) in [5, 5.41) is 3.03. The monoisotopic (exact) mass is 463 g/mol. The molecular weight excluding hydrogens is 442 g/mol. The van der Waals surface area contributed by atoms with Gasteiger partial charge in [-0.1, -0.05) is 46.3 Å². The Balaban J connectivity index is 1.44. The first-order chi connectivity index (χ1) is 14.6. The maximum absolute atomic E-state index is 12.7. The number of amides is 2. The lowest BCUT2D eigenvalue weighted by Gasteiger charge is -2.37. The van der Waals surface area contributed by atoms with Crippen molar-refractivity contribution >= 4 is 39.1 Å². The van der Waals surface area contributed by atoms with Crippen molar-refractivity contribution in [3.05, 3.63) is 94.5 Å². The number of benzene rings is 3.